The van der Waals surface area contributed by atoms with Crippen LogP contribution in [-0.2, 0) is 23.9 Å². The summed E-state index contributed by atoms with van der Waals surface area (Å²) in [6, 6.07) is 8.43. The second kappa shape index (κ2) is 11.1. The first-order chi connectivity index (χ1) is 12.3. The topological polar surface area (TPSA) is 108 Å². The Labute approximate surface area is 155 Å². The first kappa shape index (κ1) is 21.5. The number of rotatable bonds is 8. The molecule has 0 aliphatic carbocycles. The summed E-state index contributed by atoms with van der Waals surface area (Å²) < 4.78 is 14.4. The summed E-state index contributed by atoms with van der Waals surface area (Å²) in [7, 11) is 0. The van der Waals surface area contributed by atoms with Crippen LogP contribution < -0.4 is 10.1 Å². The lowest BCUT2D eigenvalue weighted by molar-refractivity contribution is -0.155. The molecule has 26 heavy (non-hydrogen) atoms. The highest BCUT2D eigenvalue weighted by molar-refractivity contribution is 8.14. The van der Waals surface area contributed by atoms with E-state index in [0.29, 0.717) is 17.5 Å². The molecule has 0 radical (unpaired) electrons. The average Bonchev–Trinajstić information content (AvgIpc) is 2.60. The van der Waals surface area contributed by atoms with Gasteiger partial charge in [0.25, 0.3) is 0 Å². The van der Waals surface area contributed by atoms with Crippen molar-refractivity contribution in [3.05, 3.63) is 30.3 Å². The summed E-state index contributed by atoms with van der Waals surface area (Å²) in [6.07, 6.45) is 0. The number of thioether (sulfide) groups is 1. The van der Waals surface area contributed by atoms with Crippen LogP contribution in [0.25, 0.3) is 0 Å². The van der Waals surface area contributed by atoms with Gasteiger partial charge >= 0.3 is 17.2 Å². The van der Waals surface area contributed by atoms with Crippen LogP contribution in [0.15, 0.2) is 30.3 Å². The van der Waals surface area contributed by atoms with Crippen LogP contribution in [-0.4, -0.2) is 41.7 Å². The maximum absolute atomic E-state index is 11.9. The molecule has 142 valence electrons. The molecule has 1 aromatic rings. The number of carbonyl (C=O) groups excluding carboxylic acids is 4. The Balaban J connectivity index is 2.26. The molecule has 1 unspecified atom stereocenters. The normalized spacial score (nSPS) is 11.4. The molecule has 1 atom stereocenters. The number of para-hydroxylation sites is 1. The number of esters is 2. The van der Waals surface area contributed by atoms with Crippen molar-refractivity contribution in [1.82, 2.24) is 5.32 Å². The van der Waals surface area contributed by atoms with Gasteiger partial charge in [-0.3, -0.25) is 9.59 Å². The highest BCUT2D eigenvalue weighted by atomic mass is 32.2. The van der Waals surface area contributed by atoms with Crippen molar-refractivity contribution in [2.75, 3.05) is 13.3 Å². The minimum atomic E-state index is -0.798. The van der Waals surface area contributed by atoms with Crippen LogP contribution in [0.1, 0.15) is 20.8 Å². The molecule has 0 fully saturated rings. The first-order valence-electron chi connectivity index (χ1n) is 7.83. The standard InChI is InChI=1S/C17H21NO7S/c1-11(2)16(21)23-10-24-17(22)26-12(3)15(20)18-9-14(19)25-13-7-5-4-6-8-13/h4-8,11-12H,9-10H2,1-3H3,(H,18,20). The van der Waals surface area contributed by atoms with Gasteiger partial charge in [0, 0.05) is 0 Å². The van der Waals surface area contributed by atoms with E-state index in [0.717, 1.165) is 0 Å². The van der Waals surface area contributed by atoms with Crippen molar-refractivity contribution in [3.63, 3.8) is 0 Å². The van der Waals surface area contributed by atoms with E-state index in [-0.39, 0.29) is 12.5 Å². The number of carbonyl (C=O) groups is 4. The van der Waals surface area contributed by atoms with E-state index in [9.17, 15) is 19.2 Å². The van der Waals surface area contributed by atoms with E-state index in [1.165, 1.54) is 6.92 Å². The maximum atomic E-state index is 11.9. The van der Waals surface area contributed by atoms with Gasteiger partial charge in [0.2, 0.25) is 12.7 Å². The Morgan fingerprint density at radius 2 is 1.69 bits per heavy atom. The Morgan fingerprint density at radius 1 is 1.04 bits per heavy atom. The molecule has 0 saturated carbocycles. The van der Waals surface area contributed by atoms with E-state index in [4.69, 9.17) is 14.2 Å². The molecule has 0 saturated heterocycles. The average molecular weight is 383 g/mol. The zero-order valence-corrected chi connectivity index (χ0v) is 15.5. The monoisotopic (exact) mass is 383 g/mol. The molecule has 1 N–H and O–H groups in total. The van der Waals surface area contributed by atoms with Crippen LogP contribution in [0.5, 0.6) is 5.75 Å². The fourth-order valence-corrected chi connectivity index (χ4v) is 2.09. The van der Waals surface area contributed by atoms with E-state index < -0.39 is 35.2 Å². The van der Waals surface area contributed by atoms with Crippen LogP contribution in [0.4, 0.5) is 4.79 Å². The SMILES string of the molecule is CC(C)C(=O)OCOC(=O)SC(C)C(=O)NCC(=O)Oc1ccccc1. The second-order valence-electron chi connectivity index (χ2n) is 5.40. The number of hydrogen-bond donors (Lipinski definition) is 1. The van der Waals surface area contributed by atoms with Gasteiger partial charge in [0.15, 0.2) is 0 Å². The van der Waals surface area contributed by atoms with Gasteiger partial charge < -0.3 is 19.5 Å². The van der Waals surface area contributed by atoms with Gasteiger partial charge in [0.05, 0.1) is 11.2 Å². The molecule has 0 aliphatic rings. The summed E-state index contributed by atoms with van der Waals surface area (Å²) >= 11 is 0.607. The smallest absolute Gasteiger partial charge is 0.370 e. The Kier molecular flexibility index (Phi) is 9.21. The predicted octanol–water partition coefficient (Wildman–Crippen LogP) is 2.12. The molecule has 1 aromatic carbocycles. The van der Waals surface area contributed by atoms with Gasteiger partial charge in [-0.1, -0.05) is 32.0 Å². The zero-order chi connectivity index (χ0) is 19.5. The van der Waals surface area contributed by atoms with E-state index in [1.807, 2.05) is 0 Å². The number of nitrogens with one attached hydrogen (secondary N) is 1. The quantitative estimate of drug-likeness (QED) is 0.413. The lowest BCUT2D eigenvalue weighted by Crippen LogP contribution is -2.37. The third kappa shape index (κ3) is 8.52. The van der Waals surface area contributed by atoms with Gasteiger partial charge in [-0.05, 0) is 30.8 Å². The Morgan fingerprint density at radius 3 is 2.31 bits per heavy atom. The number of amides is 1. The minimum absolute atomic E-state index is 0.332. The lowest BCUT2D eigenvalue weighted by Gasteiger charge is -2.11. The maximum Gasteiger partial charge on any atom is 0.370 e. The fraction of sp³-hybridized carbons (Fsp3) is 0.412. The van der Waals surface area contributed by atoms with E-state index in [1.54, 1.807) is 44.2 Å². The van der Waals surface area contributed by atoms with Crippen LogP contribution >= 0.6 is 11.8 Å². The van der Waals surface area contributed by atoms with Crippen molar-refractivity contribution in [3.8, 4) is 5.75 Å². The van der Waals surface area contributed by atoms with Crippen molar-refractivity contribution in [2.45, 2.75) is 26.0 Å². The molecule has 1 rings (SSSR count). The Bertz CT molecular complexity index is 633. The summed E-state index contributed by atoms with van der Waals surface area (Å²) in [4.78, 5) is 46.3. The van der Waals surface area contributed by atoms with Crippen LogP contribution in [0, 0.1) is 5.92 Å². The highest BCUT2D eigenvalue weighted by Crippen LogP contribution is 2.14. The van der Waals surface area contributed by atoms with Crippen LogP contribution in [0.3, 0.4) is 0 Å². The lowest BCUT2D eigenvalue weighted by atomic mass is 10.2. The Hall–Kier alpha value is -2.55. The molecule has 9 heteroatoms. The molecule has 0 aromatic heterocycles. The van der Waals surface area contributed by atoms with Gasteiger partial charge in [0.1, 0.15) is 12.3 Å². The van der Waals surface area contributed by atoms with Gasteiger partial charge in [-0.2, -0.15) is 0 Å². The van der Waals surface area contributed by atoms with Crippen molar-refractivity contribution < 1.29 is 33.4 Å². The fourth-order valence-electron chi connectivity index (χ4n) is 1.49. The summed E-state index contributed by atoms with van der Waals surface area (Å²) in [5.41, 5.74) is 0. The number of ether oxygens (including phenoxy) is 3. The van der Waals surface area contributed by atoms with Crippen molar-refractivity contribution in [1.29, 1.82) is 0 Å². The minimum Gasteiger partial charge on any atom is -0.428 e. The zero-order valence-electron chi connectivity index (χ0n) is 14.7. The molecule has 0 heterocycles. The first-order valence-corrected chi connectivity index (χ1v) is 8.71. The van der Waals surface area contributed by atoms with E-state index in [2.05, 4.69) is 5.32 Å². The van der Waals surface area contributed by atoms with Crippen molar-refractivity contribution in [2.24, 2.45) is 5.92 Å². The third-order valence-electron chi connectivity index (χ3n) is 2.87. The molecular weight excluding hydrogens is 362 g/mol. The predicted molar refractivity (Wildman–Crippen MR) is 94.4 cm³/mol. The largest absolute Gasteiger partial charge is 0.428 e. The molecule has 0 bridgehead atoms. The second-order valence-corrected chi connectivity index (χ2v) is 6.67. The molecule has 0 aliphatic heterocycles. The van der Waals surface area contributed by atoms with Crippen molar-refractivity contribution >= 4 is 34.9 Å². The molecule has 8 nitrogen and oxygen atoms in total. The van der Waals surface area contributed by atoms with E-state index >= 15 is 0 Å². The molecule has 0 spiro atoms. The molecular formula is C17H21NO7S. The van der Waals surface area contributed by atoms with Gasteiger partial charge in [-0.25, -0.2) is 9.59 Å². The van der Waals surface area contributed by atoms with Crippen LogP contribution in [0.2, 0.25) is 0 Å². The summed E-state index contributed by atoms with van der Waals surface area (Å²) in [6.45, 7) is 3.92. The highest BCUT2D eigenvalue weighted by Gasteiger charge is 2.20. The summed E-state index contributed by atoms with van der Waals surface area (Å²) in [5.74, 6) is -1.62. The van der Waals surface area contributed by atoms with Gasteiger partial charge in [-0.15, -0.1) is 0 Å². The molecule has 1 amide bonds. The third-order valence-corrected chi connectivity index (χ3v) is 3.75. The number of hydrogen-bond acceptors (Lipinski definition) is 8. The number of benzene rings is 1. The summed E-state index contributed by atoms with van der Waals surface area (Å²) in [5, 5.41) is 0.804.